The van der Waals surface area contributed by atoms with Crippen LogP contribution in [0.5, 0.6) is 0 Å². The summed E-state index contributed by atoms with van der Waals surface area (Å²) < 4.78 is 5.45. The van der Waals surface area contributed by atoms with Crippen molar-refractivity contribution in [3.05, 3.63) is 83.9 Å². The molecule has 11 nitrogen and oxygen atoms in total. The molecule has 0 radical (unpaired) electrons. The van der Waals surface area contributed by atoms with Gasteiger partial charge in [-0.15, -0.1) is 0 Å². The van der Waals surface area contributed by atoms with Crippen LogP contribution in [0.2, 0.25) is 0 Å². The number of alkyl carbamates (subject to hydrolysis) is 1. The smallest absolute Gasteiger partial charge is 0.408 e. The van der Waals surface area contributed by atoms with Crippen LogP contribution in [-0.4, -0.2) is 70.9 Å². The van der Waals surface area contributed by atoms with Gasteiger partial charge in [-0.1, -0.05) is 120 Å². The Morgan fingerprint density at radius 3 is 2.10 bits per heavy atom. The lowest BCUT2D eigenvalue weighted by molar-refractivity contribution is -0.131. The summed E-state index contributed by atoms with van der Waals surface area (Å²) in [5.41, 5.74) is 1.63. The number of ether oxygens (including phenoxy) is 1. The highest BCUT2D eigenvalue weighted by Crippen LogP contribution is 2.20. The first-order valence-corrected chi connectivity index (χ1v) is 18.1. The van der Waals surface area contributed by atoms with Crippen molar-refractivity contribution in [1.29, 1.82) is 0 Å². The first-order chi connectivity index (χ1) is 24.4. The highest BCUT2D eigenvalue weighted by molar-refractivity contribution is 5.92. The molecule has 0 fully saturated rings. The van der Waals surface area contributed by atoms with E-state index in [0.29, 0.717) is 19.3 Å². The van der Waals surface area contributed by atoms with Crippen molar-refractivity contribution in [1.82, 2.24) is 21.3 Å². The van der Waals surface area contributed by atoms with E-state index < -0.39 is 54.1 Å². The minimum Gasteiger partial charge on any atom is -0.445 e. The third-order valence-corrected chi connectivity index (χ3v) is 9.12. The highest BCUT2D eigenvalue weighted by atomic mass is 16.5. The molecule has 0 aliphatic rings. The zero-order valence-electron chi connectivity index (χ0n) is 30.6. The lowest BCUT2D eigenvalue weighted by atomic mass is 9.95. The number of benzene rings is 3. The van der Waals surface area contributed by atoms with Crippen LogP contribution in [0, 0.1) is 11.8 Å². The van der Waals surface area contributed by atoms with E-state index in [1.807, 2.05) is 107 Å². The quantitative estimate of drug-likeness (QED) is 0.0986. The van der Waals surface area contributed by atoms with Crippen LogP contribution in [0.3, 0.4) is 0 Å². The molecule has 0 saturated heterocycles. The normalized spacial score (nSPS) is 14.8. The van der Waals surface area contributed by atoms with Gasteiger partial charge in [-0.2, -0.15) is 0 Å². The minimum atomic E-state index is -1.20. The second-order valence-corrected chi connectivity index (χ2v) is 13.7. The number of hydrogen-bond donors (Lipinski definition) is 6. The van der Waals surface area contributed by atoms with Crippen molar-refractivity contribution in [3.8, 4) is 0 Å². The van der Waals surface area contributed by atoms with Crippen LogP contribution in [0.4, 0.5) is 4.79 Å². The summed E-state index contributed by atoms with van der Waals surface area (Å²) in [7, 11) is 0. The average molecular weight is 705 g/mol. The molecule has 4 amide bonds. The minimum absolute atomic E-state index is 0.0199. The molecule has 0 aromatic heterocycles. The third-order valence-electron chi connectivity index (χ3n) is 9.12. The van der Waals surface area contributed by atoms with Crippen molar-refractivity contribution in [2.45, 2.75) is 110 Å². The van der Waals surface area contributed by atoms with Gasteiger partial charge >= 0.3 is 6.09 Å². The van der Waals surface area contributed by atoms with E-state index in [1.165, 1.54) is 0 Å². The fourth-order valence-corrected chi connectivity index (χ4v) is 5.99. The number of hydrogen-bond acceptors (Lipinski definition) is 7. The number of fused-ring (bicyclic) bond motifs is 1. The monoisotopic (exact) mass is 704 g/mol. The number of aliphatic hydroxyl groups excluding tert-OH is 2. The van der Waals surface area contributed by atoms with Crippen molar-refractivity contribution in [2.24, 2.45) is 11.8 Å². The van der Waals surface area contributed by atoms with Gasteiger partial charge in [0.2, 0.25) is 17.7 Å². The molecule has 6 N–H and O–H groups in total. The number of carbonyl (C=O) groups excluding carboxylic acids is 4. The van der Waals surface area contributed by atoms with Crippen molar-refractivity contribution >= 4 is 34.6 Å². The van der Waals surface area contributed by atoms with E-state index in [2.05, 4.69) is 21.3 Å². The predicted molar refractivity (Wildman–Crippen MR) is 199 cm³/mol. The van der Waals surface area contributed by atoms with E-state index >= 15 is 0 Å². The van der Waals surface area contributed by atoms with Gasteiger partial charge < -0.3 is 36.2 Å². The van der Waals surface area contributed by atoms with E-state index in [4.69, 9.17) is 4.74 Å². The van der Waals surface area contributed by atoms with E-state index in [-0.39, 0.29) is 37.9 Å². The summed E-state index contributed by atoms with van der Waals surface area (Å²) in [5, 5.41) is 34.0. The van der Waals surface area contributed by atoms with Gasteiger partial charge in [0, 0.05) is 6.42 Å². The molecule has 11 heteroatoms. The van der Waals surface area contributed by atoms with Gasteiger partial charge in [-0.3, -0.25) is 14.4 Å². The zero-order chi connectivity index (χ0) is 37.3. The van der Waals surface area contributed by atoms with Crippen molar-refractivity contribution in [3.63, 3.8) is 0 Å². The Balaban J connectivity index is 1.77. The summed E-state index contributed by atoms with van der Waals surface area (Å²) in [5.74, 6) is -1.36. The maximum atomic E-state index is 14.0. The average Bonchev–Trinajstić information content (AvgIpc) is 3.12. The Bertz CT molecular complexity index is 1540. The van der Waals surface area contributed by atoms with Crippen LogP contribution in [0.15, 0.2) is 72.8 Å². The van der Waals surface area contributed by atoms with Crippen molar-refractivity contribution in [2.75, 3.05) is 6.61 Å². The molecule has 3 unspecified atom stereocenters. The maximum absolute atomic E-state index is 14.0. The van der Waals surface area contributed by atoms with E-state index in [0.717, 1.165) is 28.3 Å². The predicted octanol–water partition coefficient (Wildman–Crippen LogP) is 4.77. The largest absolute Gasteiger partial charge is 0.445 e. The molecular formula is C40H56N4O7. The molecule has 3 aromatic rings. The first-order valence-electron chi connectivity index (χ1n) is 18.1. The fraction of sp³-hybridized carbons (Fsp3) is 0.500. The molecule has 0 heterocycles. The molecule has 0 spiro atoms. The summed E-state index contributed by atoms with van der Waals surface area (Å²) in [4.78, 5) is 53.6. The van der Waals surface area contributed by atoms with Crippen LogP contribution >= 0.6 is 0 Å². The van der Waals surface area contributed by atoms with Crippen LogP contribution in [0.1, 0.15) is 77.8 Å². The van der Waals surface area contributed by atoms with Gasteiger partial charge in [0.25, 0.3) is 0 Å². The zero-order valence-corrected chi connectivity index (χ0v) is 30.6. The third kappa shape index (κ3) is 13.3. The number of amides is 4. The Kier molecular flexibility index (Phi) is 16.9. The van der Waals surface area contributed by atoms with Crippen LogP contribution < -0.4 is 21.3 Å². The fourth-order valence-electron chi connectivity index (χ4n) is 5.99. The van der Waals surface area contributed by atoms with Gasteiger partial charge in [0.1, 0.15) is 18.7 Å². The van der Waals surface area contributed by atoms with E-state index in [9.17, 15) is 29.4 Å². The molecule has 278 valence electrons. The Morgan fingerprint density at radius 1 is 0.765 bits per heavy atom. The number of aliphatic hydroxyl groups is 2. The summed E-state index contributed by atoms with van der Waals surface area (Å²) in [6.07, 6.45) is -0.0815. The highest BCUT2D eigenvalue weighted by Gasteiger charge is 2.31. The maximum Gasteiger partial charge on any atom is 0.408 e. The topological polar surface area (TPSA) is 166 Å². The standard InChI is InChI=1S/C40H56N4O7/c1-6-14-32(38(48)43-33(21-26(3)4)36(46)23-37(47)41-35(24-45)27(5)7-2)42-39(49)34(44-40(50)51-25-28-15-9-8-10-16-28)22-30-19-13-18-29-17-11-12-20-31(29)30/h8-13,15-20,26-27,32-36,45-46H,6-7,14,21-25H2,1-5H3,(H,41,47)(H,42,49)(H,43,48)(H,44,50)/t27?,32-,33?,34-,35+,36?/m0/s1. The summed E-state index contributed by atoms with van der Waals surface area (Å²) >= 11 is 0. The Labute approximate surface area is 301 Å². The van der Waals surface area contributed by atoms with E-state index in [1.54, 1.807) is 0 Å². The Morgan fingerprint density at radius 2 is 1.43 bits per heavy atom. The first kappa shape index (κ1) is 40.9. The lowest BCUT2D eigenvalue weighted by Crippen LogP contribution is -2.57. The molecule has 0 saturated carbocycles. The molecule has 0 bridgehead atoms. The molecule has 51 heavy (non-hydrogen) atoms. The number of nitrogens with one attached hydrogen (secondary N) is 4. The van der Waals surface area contributed by atoms with Crippen LogP contribution in [0.25, 0.3) is 10.8 Å². The number of carbonyl (C=O) groups is 4. The Hall–Kier alpha value is -4.48. The van der Waals surface area contributed by atoms with Gasteiger partial charge in [-0.25, -0.2) is 4.79 Å². The summed E-state index contributed by atoms with van der Waals surface area (Å²) in [6.45, 7) is 9.48. The number of rotatable bonds is 20. The lowest BCUT2D eigenvalue weighted by Gasteiger charge is -2.29. The second-order valence-electron chi connectivity index (χ2n) is 13.7. The molecule has 3 aromatic carbocycles. The van der Waals surface area contributed by atoms with Crippen molar-refractivity contribution < 1.29 is 34.1 Å². The van der Waals surface area contributed by atoms with Gasteiger partial charge in [0.15, 0.2) is 0 Å². The van der Waals surface area contributed by atoms with Gasteiger partial charge in [0.05, 0.1) is 31.2 Å². The molecule has 6 atom stereocenters. The molecular weight excluding hydrogens is 648 g/mol. The molecule has 0 aliphatic heterocycles. The summed E-state index contributed by atoms with van der Waals surface area (Å²) in [6, 6.07) is 19.5. The molecule has 3 rings (SSSR count). The second kappa shape index (κ2) is 21.0. The molecule has 0 aliphatic carbocycles. The van der Waals surface area contributed by atoms with Gasteiger partial charge in [-0.05, 0) is 46.6 Å². The SMILES string of the molecule is CCC[C@H](NC(=O)[C@H](Cc1cccc2ccccc12)NC(=O)OCc1ccccc1)C(=O)NC(CC(C)C)C(O)CC(=O)N[C@H](CO)C(C)CC. The van der Waals surface area contributed by atoms with Crippen LogP contribution in [-0.2, 0) is 32.1 Å².